The fourth-order valence-corrected chi connectivity index (χ4v) is 1.61. The van der Waals surface area contributed by atoms with E-state index in [1.807, 2.05) is 12.1 Å². The Balaban J connectivity index is 2.03. The molecule has 0 unspecified atom stereocenters. The van der Waals surface area contributed by atoms with Crippen molar-refractivity contribution in [3.63, 3.8) is 0 Å². The highest BCUT2D eigenvalue weighted by Gasteiger charge is 2.08. The van der Waals surface area contributed by atoms with Crippen molar-refractivity contribution in [2.24, 2.45) is 5.41 Å². The van der Waals surface area contributed by atoms with Gasteiger partial charge in [-0.2, -0.15) is 0 Å². The molecule has 0 radical (unpaired) electrons. The molecule has 0 bridgehead atoms. The molecule has 0 atom stereocenters. The van der Waals surface area contributed by atoms with Crippen LogP contribution in [0.3, 0.4) is 0 Å². The van der Waals surface area contributed by atoms with Crippen molar-refractivity contribution in [2.75, 3.05) is 26.7 Å². The minimum atomic E-state index is 0.424. The van der Waals surface area contributed by atoms with Crippen LogP contribution in [0.4, 0.5) is 0 Å². The van der Waals surface area contributed by atoms with E-state index >= 15 is 0 Å². The molecule has 0 aliphatic heterocycles. The average Bonchev–Trinajstić information content (AvgIpc) is 2.68. The Kier molecular flexibility index (Phi) is 5.72. The third-order valence-corrected chi connectivity index (χ3v) is 2.73. The summed E-state index contributed by atoms with van der Waals surface area (Å²) in [7, 11) is 2.12. The van der Waals surface area contributed by atoms with Gasteiger partial charge in [-0.05, 0) is 37.6 Å². The van der Waals surface area contributed by atoms with Gasteiger partial charge in [0.15, 0.2) is 0 Å². The van der Waals surface area contributed by atoms with Crippen molar-refractivity contribution in [3.05, 3.63) is 24.2 Å². The summed E-state index contributed by atoms with van der Waals surface area (Å²) >= 11 is 0. The first-order valence-corrected chi connectivity index (χ1v) is 6.39. The Morgan fingerprint density at radius 2 is 2.06 bits per heavy atom. The number of nitrogens with zero attached hydrogens (tertiary/aromatic N) is 1. The van der Waals surface area contributed by atoms with Crippen LogP contribution >= 0.6 is 0 Å². The van der Waals surface area contributed by atoms with Crippen LogP contribution in [-0.4, -0.2) is 31.6 Å². The maximum atomic E-state index is 5.31. The molecule has 0 aliphatic rings. The van der Waals surface area contributed by atoms with Gasteiger partial charge in [0.25, 0.3) is 0 Å². The third-order valence-electron chi connectivity index (χ3n) is 2.73. The number of likely N-dealkylation sites (N-methyl/N-ethyl adjacent to an activating group) is 1. The van der Waals surface area contributed by atoms with Gasteiger partial charge in [-0.1, -0.05) is 20.8 Å². The van der Waals surface area contributed by atoms with Gasteiger partial charge in [-0.15, -0.1) is 0 Å². The summed E-state index contributed by atoms with van der Waals surface area (Å²) in [5.74, 6) is 1.03. The molecule has 3 heteroatoms. The van der Waals surface area contributed by atoms with E-state index in [1.54, 1.807) is 6.26 Å². The standard InChI is InChI=1S/C14H26N2O/c1-14(2,3)7-8-15-9-10-16(4)12-13-6-5-11-17-13/h5-6,11,15H,7-10,12H2,1-4H3. The quantitative estimate of drug-likeness (QED) is 0.740. The minimum absolute atomic E-state index is 0.424. The molecule has 1 rings (SSSR count). The highest BCUT2D eigenvalue weighted by Crippen LogP contribution is 2.16. The van der Waals surface area contributed by atoms with Gasteiger partial charge >= 0.3 is 0 Å². The predicted molar refractivity (Wildman–Crippen MR) is 72.0 cm³/mol. The van der Waals surface area contributed by atoms with Crippen LogP contribution in [0.2, 0.25) is 0 Å². The number of hydrogen-bond acceptors (Lipinski definition) is 3. The Morgan fingerprint density at radius 3 is 2.65 bits per heavy atom. The van der Waals surface area contributed by atoms with Gasteiger partial charge in [0.2, 0.25) is 0 Å². The van der Waals surface area contributed by atoms with Crippen molar-refractivity contribution in [1.29, 1.82) is 0 Å². The monoisotopic (exact) mass is 238 g/mol. The maximum Gasteiger partial charge on any atom is 0.117 e. The zero-order valence-electron chi connectivity index (χ0n) is 11.6. The summed E-state index contributed by atoms with van der Waals surface area (Å²) in [4.78, 5) is 2.27. The maximum absolute atomic E-state index is 5.31. The van der Waals surface area contributed by atoms with Crippen LogP contribution in [0.1, 0.15) is 33.0 Å². The van der Waals surface area contributed by atoms with E-state index in [0.717, 1.165) is 31.9 Å². The van der Waals surface area contributed by atoms with Crippen LogP contribution in [0, 0.1) is 5.41 Å². The van der Waals surface area contributed by atoms with Crippen LogP contribution in [0.25, 0.3) is 0 Å². The third kappa shape index (κ3) is 7.18. The van der Waals surface area contributed by atoms with E-state index in [-0.39, 0.29) is 0 Å². The van der Waals surface area contributed by atoms with Gasteiger partial charge < -0.3 is 9.73 Å². The molecule has 0 amide bonds. The summed E-state index contributed by atoms with van der Waals surface area (Å²) < 4.78 is 5.31. The lowest BCUT2D eigenvalue weighted by atomic mass is 9.92. The molecular weight excluding hydrogens is 212 g/mol. The lowest BCUT2D eigenvalue weighted by Crippen LogP contribution is -2.30. The second-order valence-corrected chi connectivity index (χ2v) is 5.88. The number of rotatable bonds is 7. The van der Waals surface area contributed by atoms with Crippen molar-refractivity contribution in [2.45, 2.75) is 33.7 Å². The molecule has 3 nitrogen and oxygen atoms in total. The van der Waals surface area contributed by atoms with Gasteiger partial charge in [0.05, 0.1) is 12.8 Å². The molecule has 0 aromatic carbocycles. The SMILES string of the molecule is CN(CCNCCC(C)(C)C)Cc1ccco1. The van der Waals surface area contributed by atoms with E-state index in [4.69, 9.17) is 4.42 Å². The first kappa shape index (κ1) is 14.3. The summed E-state index contributed by atoms with van der Waals surface area (Å²) in [5, 5.41) is 3.48. The first-order valence-electron chi connectivity index (χ1n) is 6.39. The Morgan fingerprint density at radius 1 is 1.29 bits per heavy atom. The highest BCUT2D eigenvalue weighted by molar-refractivity contribution is 4.97. The minimum Gasteiger partial charge on any atom is -0.468 e. The molecular formula is C14H26N2O. The van der Waals surface area contributed by atoms with Gasteiger partial charge in [0.1, 0.15) is 5.76 Å². The molecule has 1 heterocycles. The van der Waals surface area contributed by atoms with Gasteiger partial charge in [0, 0.05) is 13.1 Å². The topological polar surface area (TPSA) is 28.4 Å². The Hall–Kier alpha value is -0.800. The summed E-state index contributed by atoms with van der Waals surface area (Å²) in [6.45, 7) is 10.9. The fraction of sp³-hybridized carbons (Fsp3) is 0.714. The molecule has 0 saturated heterocycles. The van der Waals surface area contributed by atoms with E-state index in [2.05, 4.69) is 38.0 Å². The van der Waals surface area contributed by atoms with Crippen LogP contribution in [0.15, 0.2) is 22.8 Å². The van der Waals surface area contributed by atoms with Crippen molar-refractivity contribution >= 4 is 0 Å². The number of hydrogen-bond donors (Lipinski definition) is 1. The van der Waals surface area contributed by atoms with Crippen molar-refractivity contribution < 1.29 is 4.42 Å². The molecule has 98 valence electrons. The largest absolute Gasteiger partial charge is 0.468 e. The lowest BCUT2D eigenvalue weighted by molar-refractivity contribution is 0.289. The zero-order valence-corrected chi connectivity index (χ0v) is 11.6. The molecule has 0 fully saturated rings. The second-order valence-electron chi connectivity index (χ2n) is 5.88. The molecule has 0 aliphatic carbocycles. The van der Waals surface area contributed by atoms with Crippen LogP contribution in [-0.2, 0) is 6.54 Å². The summed E-state index contributed by atoms with van der Waals surface area (Å²) in [5.41, 5.74) is 0.424. The Bertz CT molecular complexity index is 288. The Labute approximate surface area is 105 Å². The van der Waals surface area contributed by atoms with Gasteiger partial charge in [-0.25, -0.2) is 0 Å². The molecule has 1 aromatic rings. The van der Waals surface area contributed by atoms with Crippen LogP contribution in [0.5, 0.6) is 0 Å². The molecule has 0 saturated carbocycles. The van der Waals surface area contributed by atoms with E-state index in [9.17, 15) is 0 Å². The van der Waals surface area contributed by atoms with E-state index in [0.29, 0.717) is 5.41 Å². The zero-order chi connectivity index (χ0) is 12.7. The highest BCUT2D eigenvalue weighted by atomic mass is 16.3. The smallest absolute Gasteiger partial charge is 0.117 e. The average molecular weight is 238 g/mol. The number of furan rings is 1. The predicted octanol–water partition coefficient (Wildman–Crippen LogP) is 2.74. The summed E-state index contributed by atoms with van der Waals surface area (Å²) in [6, 6.07) is 3.95. The lowest BCUT2D eigenvalue weighted by Gasteiger charge is -2.19. The van der Waals surface area contributed by atoms with Gasteiger partial charge in [-0.3, -0.25) is 4.90 Å². The molecule has 17 heavy (non-hydrogen) atoms. The summed E-state index contributed by atoms with van der Waals surface area (Å²) in [6.07, 6.45) is 2.94. The fourth-order valence-electron chi connectivity index (χ4n) is 1.61. The molecule has 1 aromatic heterocycles. The van der Waals surface area contributed by atoms with Crippen molar-refractivity contribution in [3.8, 4) is 0 Å². The van der Waals surface area contributed by atoms with E-state index in [1.165, 1.54) is 6.42 Å². The number of nitrogens with one attached hydrogen (secondary N) is 1. The molecule has 1 N–H and O–H groups in total. The molecule has 0 spiro atoms. The second kappa shape index (κ2) is 6.82. The first-order chi connectivity index (χ1) is 7.97. The van der Waals surface area contributed by atoms with Crippen molar-refractivity contribution in [1.82, 2.24) is 10.2 Å². The normalized spacial score (nSPS) is 12.3. The van der Waals surface area contributed by atoms with E-state index < -0.39 is 0 Å². The van der Waals surface area contributed by atoms with Crippen LogP contribution < -0.4 is 5.32 Å².